The van der Waals surface area contributed by atoms with Gasteiger partial charge in [0.25, 0.3) is 0 Å². The first-order chi connectivity index (χ1) is 15.1. The molecule has 0 saturated heterocycles. The maximum absolute atomic E-state index is 12.4. The largest absolute Gasteiger partial charge is 0.488 e. The standard InChI is InChI=1S/C26H24N2O3/c1-3-25(29)28(26(30)4-2)23-12-8-11-20(15-23)21-13-14-22(17-27)24(16-21)31-18-19-9-6-5-7-10-19/h5-16H,3-4,18H2,1-2H3. The molecule has 5 nitrogen and oxygen atoms in total. The Balaban J connectivity index is 1.94. The van der Waals surface area contributed by atoms with Gasteiger partial charge in [0.15, 0.2) is 0 Å². The number of nitrogens with zero attached hydrogens (tertiary/aromatic N) is 2. The van der Waals surface area contributed by atoms with E-state index in [9.17, 15) is 14.9 Å². The quantitative estimate of drug-likeness (QED) is 0.515. The van der Waals surface area contributed by atoms with Crippen molar-refractivity contribution in [1.29, 1.82) is 5.26 Å². The van der Waals surface area contributed by atoms with Crippen molar-refractivity contribution in [2.24, 2.45) is 0 Å². The van der Waals surface area contributed by atoms with E-state index in [1.807, 2.05) is 60.7 Å². The summed E-state index contributed by atoms with van der Waals surface area (Å²) in [5.74, 6) is 0.00630. The minimum absolute atomic E-state index is 0.240. The van der Waals surface area contributed by atoms with Gasteiger partial charge in [0.1, 0.15) is 18.4 Å². The number of anilines is 1. The number of ether oxygens (including phenoxy) is 1. The zero-order valence-corrected chi connectivity index (χ0v) is 17.7. The van der Waals surface area contributed by atoms with Gasteiger partial charge in [-0.2, -0.15) is 5.26 Å². The fraction of sp³-hybridized carbons (Fsp3) is 0.192. The summed E-state index contributed by atoms with van der Waals surface area (Å²) in [4.78, 5) is 26.0. The minimum Gasteiger partial charge on any atom is -0.488 e. The number of amides is 2. The molecule has 156 valence electrons. The molecule has 0 bridgehead atoms. The Kier molecular flexibility index (Phi) is 7.18. The Morgan fingerprint density at radius 2 is 1.55 bits per heavy atom. The lowest BCUT2D eigenvalue weighted by Crippen LogP contribution is -2.35. The number of benzene rings is 3. The molecule has 0 spiro atoms. The second-order valence-electron chi connectivity index (χ2n) is 6.98. The van der Waals surface area contributed by atoms with Gasteiger partial charge in [-0.3, -0.25) is 14.5 Å². The summed E-state index contributed by atoms with van der Waals surface area (Å²) in [5, 5.41) is 9.46. The predicted octanol–water partition coefficient (Wildman–Crippen LogP) is 5.48. The van der Waals surface area contributed by atoms with E-state index in [-0.39, 0.29) is 24.7 Å². The number of carbonyl (C=O) groups is 2. The van der Waals surface area contributed by atoms with Crippen molar-refractivity contribution in [2.45, 2.75) is 33.3 Å². The Morgan fingerprint density at radius 1 is 0.871 bits per heavy atom. The van der Waals surface area contributed by atoms with E-state index in [0.717, 1.165) is 16.7 Å². The highest BCUT2D eigenvalue weighted by molar-refractivity contribution is 6.14. The normalized spacial score (nSPS) is 10.2. The van der Waals surface area contributed by atoms with Crippen molar-refractivity contribution in [2.75, 3.05) is 4.90 Å². The number of imide groups is 1. The molecule has 0 unspecified atom stereocenters. The first-order valence-electron chi connectivity index (χ1n) is 10.2. The number of rotatable bonds is 7. The highest BCUT2D eigenvalue weighted by Gasteiger charge is 2.21. The number of carbonyl (C=O) groups excluding carboxylic acids is 2. The maximum atomic E-state index is 12.4. The molecule has 3 aromatic carbocycles. The average molecular weight is 412 g/mol. The minimum atomic E-state index is -0.240. The fourth-order valence-electron chi connectivity index (χ4n) is 3.22. The van der Waals surface area contributed by atoms with Crippen LogP contribution in [-0.2, 0) is 16.2 Å². The summed E-state index contributed by atoms with van der Waals surface area (Å²) in [7, 11) is 0. The Hall–Kier alpha value is -3.91. The van der Waals surface area contributed by atoms with Crippen molar-refractivity contribution in [3.8, 4) is 22.9 Å². The van der Waals surface area contributed by atoms with Gasteiger partial charge in [-0.05, 0) is 41.0 Å². The SMILES string of the molecule is CCC(=O)N(C(=O)CC)c1cccc(-c2ccc(C#N)c(OCc3ccccc3)c2)c1. The molecular formula is C26H24N2O3. The lowest BCUT2D eigenvalue weighted by Gasteiger charge is -2.20. The van der Waals surface area contributed by atoms with E-state index < -0.39 is 0 Å². The topological polar surface area (TPSA) is 70.4 Å². The summed E-state index contributed by atoms with van der Waals surface area (Å²) >= 11 is 0. The molecular weight excluding hydrogens is 388 g/mol. The van der Waals surface area contributed by atoms with Gasteiger partial charge in [-0.15, -0.1) is 0 Å². The lowest BCUT2D eigenvalue weighted by atomic mass is 10.0. The molecule has 5 heteroatoms. The lowest BCUT2D eigenvalue weighted by molar-refractivity contribution is -0.126. The molecule has 0 aliphatic rings. The smallest absolute Gasteiger partial charge is 0.233 e. The molecule has 31 heavy (non-hydrogen) atoms. The molecule has 3 aromatic rings. The van der Waals surface area contributed by atoms with Gasteiger partial charge in [0, 0.05) is 12.8 Å². The van der Waals surface area contributed by atoms with Gasteiger partial charge in [0.05, 0.1) is 11.3 Å². The predicted molar refractivity (Wildman–Crippen MR) is 120 cm³/mol. The highest BCUT2D eigenvalue weighted by Crippen LogP contribution is 2.30. The van der Waals surface area contributed by atoms with E-state index in [2.05, 4.69) is 6.07 Å². The molecule has 0 aromatic heterocycles. The van der Waals surface area contributed by atoms with Crippen LogP contribution < -0.4 is 9.64 Å². The molecule has 0 atom stereocenters. The number of hydrogen-bond acceptors (Lipinski definition) is 4. The molecule has 0 saturated carbocycles. The molecule has 0 fully saturated rings. The summed E-state index contributed by atoms with van der Waals surface area (Å²) < 4.78 is 5.92. The van der Waals surface area contributed by atoms with Crippen LogP contribution in [0.2, 0.25) is 0 Å². The van der Waals surface area contributed by atoms with Crippen molar-refractivity contribution in [1.82, 2.24) is 0 Å². The Bertz CT molecular complexity index is 1100. The summed E-state index contributed by atoms with van der Waals surface area (Å²) in [6.45, 7) is 3.82. The van der Waals surface area contributed by atoms with E-state index >= 15 is 0 Å². The monoisotopic (exact) mass is 412 g/mol. The molecule has 0 heterocycles. The van der Waals surface area contributed by atoms with Crippen molar-refractivity contribution in [3.05, 3.63) is 83.9 Å². The van der Waals surface area contributed by atoms with Gasteiger partial charge < -0.3 is 4.74 Å². The Labute approximate surface area is 182 Å². The molecule has 2 amide bonds. The van der Waals surface area contributed by atoms with Crippen molar-refractivity contribution in [3.63, 3.8) is 0 Å². The van der Waals surface area contributed by atoms with Crippen LogP contribution in [0, 0.1) is 11.3 Å². The van der Waals surface area contributed by atoms with Crippen molar-refractivity contribution < 1.29 is 14.3 Å². The summed E-state index contributed by atoms with van der Waals surface area (Å²) in [6.07, 6.45) is 0.481. The number of hydrogen-bond donors (Lipinski definition) is 0. The summed E-state index contributed by atoms with van der Waals surface area (Å²) in [5.41, 5.74) is 3.64. The van der Waals surface area contributed by atoms with Crippen LogP contribution in [0.15, 0.2) is 72.8 Å². The van der Waals surface area contributed by atoms with Crippen molar-refractivity contribution >= 4 is 17.5 Å². The van der Waals surface area contributed by atoms with Crippen LogP contribution >= 0.6 is 0 Å². The van der Waals surface area contributed by atoms with Crippen LogP contribution in [0.5, 0.6) is 5.75 Å². The van der Waals surface area contributed by atoms with Gasteiger partial charge in [-0.25, -0.2) is 0 Å². The van der Waals surface area contributed by atoms with Crippen LogP contribution in [0.1, 0.15) is 37.8 Å². The molecule has 0 radical (unpaired) electrons. The van der Waals surface area contributed by atoms with Crippen LogP contribution in [0.4, 0.5) is 5.69 Å². The zero-order valence-electron chi connectivity index (χ0n) is 17.7. The Morgan fingerprint density at radius 3 is 2.19 bits per heavy atom. The van der Waals surface area contributed by atoms with Crippen LogP contribution in [0.25, 0.3) is 11.1 Å². The van der Waals surface area contributed by atoms with E-state index in [1.54, 1.807) is 26.0 Å². The zero-order chi connectivity index (χ0) is 22.2. The maximum Gasteiger partial charge on any atom is 0.233 e. The first kappa shape index (κ1) is 21.8. The number of nitriles is 1. The first-order valence-corrected chi connectivity index (χ1v) is 10.2. The van der Waals surface area contributed by atoms with E-state index in [1.165, 1.54) is 4.90 Å². The molecule has 0 aliphatic heterocycles. The van der Waals surface area contributed by atoms with E-state index in [4.69, 9.17) is 4.74 Å². The highest BCUT2D eigenvalue weighted by atomic mass is 16.5. The second-order valence-corrected chi connectivity index (χ2v) is 6.98. The van der Waals surface area contributed by atoms with Gasteiger partial charge in [-0.1, -0.05) is 62.4 Å². The molecule has 0 aliphatic carbocycles. The molecule has 3 rings (SSSR count). The van der Waals surface area contributed by atoms with E-state index in [0.29, 0.717) is 23.6 Å². The van der Waals surface area contributed by atoms with Crippen LogP contribution in [-0.4, -0.2) is 11.8 Å². The fourth-order valence-corrected chi connectivity index (χ4v) is 3.22. The third-order valence-electron chi connectivity index (χ3n) is 4.88. The third kappa shape index (κ3) is 5.18. The second kappa shape index (κ2) is 10.2. The third-order valence-corrected chi connectivity index (χ3v) is 4.88. The van der Waals surface area contributed by atoms with Crippen LogP contribution in [0.3, 0.4) is 0 Å². The van der Waals surface area contributed by atoms with Gasteiger partial charge >= 0.3 is 0 Å². The molecule has 0 N–H and O–H groups in total. The summed E-state index contributed by atoms with van der Waals surface area (Å²) in [6, 6.07) is 24.5. The average Bonchev–Trinajstić information content (AvgIpc) is 2.83. The van der Waals surface area contributed by atoms with Gasteiger partial charge in [0.2, 0.25) is 11.8 Å².